The van der Waals surface area contributed by atoms with Crippen molar-refractivity contribution in [2.45, 2.75) is 57.8 Å². The molecule has 2 amide bonds. The van der Waals surface area contributed by atoms with Crippen LogP contribution in [0.4, 0.5) is 5.95 Å². The van der Waals surface area contributed by atoms with Crippen molar-refractivity contribution >= 4 is 29.4 Å². The highest BCUT2D eigenvalue weighted by Gasteiger charge is 2.36. The number of ether oxygens (including phenoxy) is 1. The maximum Gasteiger partial charge on any atom is 0.255 e. The van der Waals surface area contributed by atoms with Crippen LogP contribution in [0.1, 0.15) is 59.3 Å². The fraction of sp³-hybridized carbons (Fsp3) is 0.400. The molecule has 1 aromatic heterocycles. The van der Waals surface area contributed by atoms with E-state index in [1.165, 1.54) is 0 Å². The minimum Gasteiger partial charge on any atom is -0.394 e. The van der Waals surface area contributed by atoms with Crippen molar-refractivity contribution in [3.63, 3.8) is 0 Å². The fourth-order valence-corrected chi connectivity index (χ4v) is 5.52. The Morgan fingerprint density at radius 1 is 1.23 bits per heavy atom. The molecule has 5 rings (SSSR count). The summed E-state index contributed by atoms with van der Waals surface area (Å²) in [5, 5.41) is 16.7. The van der Waals surface area contributed by atoms with Crippen LogP contribution in [0.3, 0.4) is 0 Å². The normalized spacial score (nSPS) is 16.9. The SMILES string of the molecule is CCC(C(=O)N[C@H](CO)c1cccc(C)c1)N1Cc2ccc(-c3nc(NC4CCOCC4)ncc3Cl)cc2C1=O. The number of benzene rings is 2. The Morgan fingerprint density at radius 3 is 2.75 bits per heavy atom. The molecule has 40 heavy (non-hydrogen) atoms. The summed E-state index contributed by atoms with van der Waals surface area (Å²) in [5.41, 5.74) is 4.45. The number of anilines is 1. The molecule has 10 heteroatoms. The quantitative estimate of drug-likeness (QED) is 0.356. The van der Waals surface area contributed by atoms with E-state index in [1.807, 2.05) is 50.2 Å². The Kier molecular flexibility index (Phi) is 8.63. The molecule has 2 aliphatic rings. The first kappa shape index (κ1) is 28.0. The van der Waals surface area contributed by atoms with Crippen molar-refractivity contribution in [2.24, 2.45) is 0 Å². The minimum atomic E-state index is -0.680. The molecule has 3 heterocycles. The van der Waals surface area contributed by atoms with Gasteiger partial charge < -0.3 is 25.4 Å². The zero-order chi connectivity index (χ0) is 28.2. The van der Waals surface area contributed by atoms with Gasteiger partial charge in [0.05, 0.1) is 29.6 Å². The number of fused-ring (bicyclic) bond motifs is 1. The van der Waals surface area contributed by atoms with Crippen molar-refractivity contribution in [1.29, 1.82) is 0 Å². The Morgan fingerprint density at radius 2 is 2.02 bits per heavy atom. The van der Waals surface area contributed by atoms with Gasteiger partial charge in [-0.3, -0.25) is 9.59 Å². The number of aryl methyl sites for hydroxylation is 1. The zero-order valence-corrected chi connectivity index (χ0v) is 23.4. The summed E-state index contributed by atoms with van der Waals surface area (Å²) in [6.07, 6.45) is 3.75. The number of hydrogen-bond acceptors (Lipinski definition) is 7. The molecule has 9 nitrogen and oxygen atoms in total. The largest absolute Gasteiger partial charge is 0.394 e. The molecule has 3 N–H and O–H groups in total. The second kappa shape index (κ2) is 12.3. The van der Waals surface area contributed by atoms with Crippen molar-refractivity contribution in [2.75, 3.05) is 25.1 Å². The Labute approximate surface area is 238 Å². The Hall–Kier alpha value is -3.53. The van der Waals surface area contributed by atoms with E-state index in [2.05, 4.69) is 20.6 Å². The smallest absolute Gasteiger partial charge is 0.255 e. The first-order valence-electron chi connectivity index (χ1n) is 13.7. The molecule has 1 unspecified atom stereocenters. The second-order valence-electron chi connectivity index (χ2n) is 10.3. The van der Waals surface area contributed by atoms with E-state index in [9.17, 15) is 14.7 Å². The van der Waals surface area contributed by atoms with Gasteiger partial charge in [0.2, 0.25) is 11.9 Å². The monoisotopic (exact) mass is 563 g/mol. The third-order valence-electron chi connectivity index (χ3n) is 7.52. The number of aliphatic hydroxyl groups is 1. The number of aliphatic hydroxyl groups excluding tert-OH is 1. The summed E-state index contributed by atoms with van der Waals surface area (Å²) in [5.74, 6) is -0.0395. The van der Waals surface area contributed by atoms with E-state index in [1.54, 1.807) is 17.2 Å². The lowest BCUT2D eigenvalue weighted by Crippen LogP contribution is -2.48. The number of carbonyl (C=O) groups is 2. The summed E-state index contributed by atoms with van der Waals surface area (Å²) in [4.78, 5) is 37.5. The molecule has 2 atom stereocenters. The van der Waals surface area contributed by atoms with Crippen molar-refractivity contribution in [1.82, 2.24) is 20.2 Å². The molecule has 3 aromatic rings. The average molecular weight is 564 g/mol. The molecule has 2 aliphatic heterocycles. The maximum atomic E-state index is 13.6. The van der Waals surface area contributed by atoms with E-state index in [0.29, 0.717) is 54.0 Å². The van der Waals surface area contributed by atoms with Crippen LogP contribution in [0.15, 0.2) is 48.7 Å². The standard InChI is InChI=1S/C30H34ClN5O4/c1-3-26(28(38)34-25(17-37)19-6-4-5-18(2)13-19)36-16-21-8-7-20(14-23(21)29(36)39)27-24(31)15-32-30(35-27)33-22-9-11-40-12-10-22/h4-8,13-15,22,25-26,37H,3,9-12,16-17H2,1-2H3,(H,34,38)(H,32,33,35)/t25-,26?/m1/s1. The lowest BCUT2D eigenvalue weighted by molar-refractivity contribution is -0.127. The third kappa shape index (κ3) is 5.96. The number of hydrogen-bond donors (Lipinski definition) is 3. The Balaban J connectivity index is 1.33. The lowest BCUT2D eigenvalue weighted by Gasteiger charge is -2.28. The van der Waals surface area contributed by atoms with Gasteiger partial charge >= 0.3 is 0 Å². The van der Waals surface area contributed by atoms with Gasteiger partial charge in [0, 0.05) is 36.9 Å². The molecule has 0 bridgehead atoms. The maximum absolute atomic E-state index is 13.6. The van der Waals surface area contributed by atoms with Crippen LogP contribution in [0, 0.1) is 6.92 Å². The lowest BCUT2D eigenvalue weighted by atomic mass is 10.0. The van der Waals surface area contributed by atoms with Crippen LogP contribution in [0.25, 0.3) is 11.3 Å². The van der Waals surface area contributed by atoms with Gasteiger partial charge in [-0.05, 0) is 43.4 Å². The number of nitrogens with one attached hydrogen (secondary N) is 2. The van der Waals surface area contributed by atoms with Gasteiger partial charge in [0.25, 0.3) is 5.91 Å². The summed E-state index contributed by atoms with van der Waals surface area (Å²) < 4.78 is 5.43. The van der Waals surface area contributed by atoms with Gasteiger partial charge in [-0.15, -0.1) is 0 Å². The van der Waals surface area contributed by atoms with Gasteiger partial charge in [-0.2, -0.15) is 0 Å². The van der Waals surface area contributed by atoms with Crippen molar-refractivity contribution in [3.8, 4) is 11.3 Å². The number of amides is 2. The topological polar surface area (TPSA) is 117 Å². The number of rotatable bonds is 9. The average Bonchev–Trinajstić information content (AvgIpc) is 3.28. The molecule has 1 saturated heterocycles. The molecule has 0 radical (unpaired) electrons. The fourth-order valence-electron chi connectivity index (χ4n) is 5.32. The van der Waals surface area contributed by atoms with Crippen LogP contribution >= 0.6 is 11.6 Å². The first-order valence-corrected chi connectivity index (χ1v) is 14.0. The van der Waals surface area contributed by atoms with Crippen LogP contribution in [-0.4, -0.2) is 63.7 Å². The number of carbonyl (C=O) groups excluding carboxylic acids is 2. The highest BCUT2D eigenvalue weighted by atomic mass is 35.5. The third-order valence-corrected chi connectivity index (χ3v) is 7.80. The van der Waals surface area contributed by atoms with Crippen LogP contribution in [0.2, 0.25) is 5.02 Å². The summed E-state index contributed by atoms with van der Waals surface area (Å²) in [7, 11) is 0. The predicted octanol–water partition coefficient (Wildman–Crippen LogP) is 4.28. The molecule has 210 valence electrons. The molecule has 0 aliphatic carbocycles. The van der Waals surface area contributed by atoms with Gasteiger partial charge in [-0.1, -0.05) is 60.5 Å². The highest BCUT2D eigenvalue weighted by Crippen LogP contribution is 2.33. The van der Waals surface area contributed by atoms with E-state index >= 15 is 0 Å². The van der Waals surface area contributed by atoms with Crippen LogP contribution < -0.4 is 10.6 Å². The molecule has 0 saturated carbocycles. The zero-order valence-electron chi connectivity index (χ0n) is 22.7. The minimum absolute atomic E-state index is 0.222. The molecular formula is C30H34ClN5O4. The predicted molar refractivity (Wildman–Crippen MR) is 153 cm³/mol. The molecular weight excluding hydrogens is 530 g/mol. The van der Waals surface area contributed by atoms with Crippen LogP contribution in [0.5, 0.6) is 0 Å². The van der Waals surface area contributed by atoms with E-state index in [4.69, 9.17) is 16.3 Å². The summed E-state index contributed by atoms with van der Waals surface area (Å²) in [6, 6.07) is 12.2. The second-order valence-corrected chi connectivity index (χ2v) is 10.7. The van der Waals surface area contributed by atoms with Crippen molar-refractivity contribution in [3.05, 3.63) is 75.9 Å². The van der Waals surface area contributed by atoms with E-state index in [0.717, 1.165) is 29.5 Å². The van der Waals surface area contributed by atoms with Crippen molar-refractivity contribution < 1.29 is 19.4 Å². The first-order chi connectivity index (χ1) is 19.4. The number of aromatic nitrogens is 2. The van der Waals surface area contributed by atoms with Crippen LogP contribution in [-0.2, 0) is 16.1 Å². The number of nitrogens with zero attached hydrogens (tertiary/aromatic N) is 3. The molecule has 2 aromatic carbocycles. The highest BCUT2D eigenvalue weighted by molar-refractivity contribution is 6.33. The number of halogens is 1. The summed E-state index contributed by atoms with van der Waals surface area (Å²) in [6.45, 7) is 5.31. The van der Waals surface area contributed by atoms with E-state index in [-0.39, 0.29) is 24.5 Å². The Bertz CT molecular complexity index is 1390. The molecule has 0 spiro atoms. The summed E-state index contributed by atoms with van der Waals surface area (Å²) >= 11 is 6.48. The van der Waals surface area contributed by atoms with Gasteiger partial charge in [0.1, 0.15) is 6.04 Å². The van der Waals surface area contributed by atoms with Gasteiger partial charge in [-0.25, -0.2) is 9.97 Å². The van der Waals surface area contributed by atoms with E-state index < -0.39 is 12.1 Å². The molecule has 1 fully saturated rings. The van der Waals surface area contributed by atoms with Gasteiger partial charge in [0.15, 0.2) is 0 Å².